The number of rotatable bonds is 1. The molecule has 1 aliphatic heterocycles. The van der Waals surface area contributed by atoms with Gasteiger partial charge in [-0.1, -0.05) is 38.1 Å². The monoisotopic (exact) mass is 272 g/mol. The molecule has 98 valence electrons. The van der Waals surface area contributed by atoms with E-state index >= 15 is 0 Å². The average molecular weight is 272 g/mol. The van der Waals surface area contributed by atoms with E-state index in [0.29, 0.717) is 11.8 Å². The van der Waals surface area contributed by atoms with Crippen molar-refractivity contribution in [2.24, 2.45) is 5.92 Å². The molecule has 0 unspecified atom stereocenters. The van der Waals surface area contributed by atoms with Crippen LogP contribution in [0.15, 0.2) is 47.4 Å². The predicted molar refractivity (Wildman–Crippen MR) is 79.1 cm³/mol. The van der Waals surface area contributed by atoms with Gasteiger partial charge in [0.2, 0.25) is 0 Å². The minimum absolute atomic E-state index is 0.132. The molecule has 0 nitrogen and oxygen atoms in total. The molecular formula is C17H17FS. The number of fused-ring (bicyclic) bond motifs is 2. The quantitative estimate of drug-likeness (QED) is 0.686. The van der Waals surface area contributed by atoms with Crippen LogP contribution in [0.4, 0.5) is 4.39 Å². The fourth-order valence-electron chi connectivity index (χ4n) is 2.91. The van der Waals surface area contributed by atoms with Crippen LogP contribution in [0.2, 0.25) is 0 Å². The standard InChI is InChI=1S/C17H17FS/c1-11(2)17-14-8-7-13(18)9-12(14)10-19-16-6-4-3-5-15(16)17/h3-9,11,17H,10H2,1-2H3/t17-/m1/s1. The first kappa shape index (κ1) is 12.7. The van der Waals surface area contributed by atoms with Gasteiger partial charge in [-0.25, -0.2) is 4.39 Å². The van der Waals surface area contributed by atoms with Crippen molar-refractivity contribution < 1.29 is 4.39 Å². The van der Waals surface area contributed by atoms with E-state index in [1.165, 1.54) is 16.0 Å². The number of benzene rings is 2. The number of hydrogen-bond acceptors (Lipinski definition) is 1. The number of thioether (sulfide) groups is 1. The second-order valence-corrected chi connectivity index (χ2v) is 6.41. The van der Waals surface area contributed by atoms with Crippen molar-refractivity contribution in [2.45, 2.75) is 30.4 Å². The maximum atomic E-state index is 13.5. The van der Waals surface area contributed by atoms with Crippen molar-refractivity contribution in [3.63, 3.8) is 0 Å². The molecule has 1 aliphatic rings. The summed E-state index contributed by atoms with van der Waals surface area (Å²) in [6.45, 7) is 4.48. The van der Waals surface area contributed by atoms with Gasteiger partial charge in [-0.05, 0) is 40.8 Å². The van der Waals surface area contributed by atoms with Gasteiger partial charge in [-0.2, -0.15) is 0 Å². The van der Waals surface area contributed by atoms with Crippen LogP contribution in [-0.4, -0.2) is 0 Å². The highest BCUT2D eigenvalue weighted by Gasteiger charge is 2.26. The maximum Gasteiger partial charge on any atom is 0.123 e. The summed E-state index contributed by atoms with van der Waals surface area (Å²) in [6.07, 6.45) is 0. The molecule has 0 bridgehead atoms. The second-order valence-electron chi connectivity index (χ2n) is 5.39. The molecule has 3 rings (SSSR count). The minimum Gasteiger partial charge on any atom is -0.207 e. The molecule has 2 heteroatoms. The molecule has 0 saturated heterocycles. The predicted octanol–water partition coefficient (Wildman–Crippen LogP) is 5.22. The zero-order valence-electron chi connectivity index (χ0n) is 11.2. The summed E-state index contributed by atoms with van der Waals surface area (Å²) < 4.78 is 13.5. The smallest absolute Gasteiger partial charge is 0.123 e. The fraction of sp³-hybridized carbons (Fsp3) is 0.294. The zero-order chi connectivity index (χ0) is 13.4. The van der Waals surface area contributed by atoms with Gasteiger partial charge in [-0.15, -0.1) is 11.8 Å². The molecule has 1 heterocycles. The average Bonchev–Trinajstić information content (AvgIpc) is 2.55. The highest BCUT2D eigenvalue weighted by Crippen LogP contribution is 2.43. The lowest BCUT2D eigenvalue weighted by Gasteiger charge is -2.23. The third-order valence-electron chi connectivity index (χ3n) is 3.74. The van der Waals surface area contributed by atoms with E-state index in [4.69, 9.17) is 0 Å². The topological polar surface area (TPSA) is 0 Å². The van der Waals surface area contributed by atoms with Crippen LogP contribution in [0, 0.1) is 11.7 Å². The largest absolute Gasteiger partial charge is 0.207 e. The van der Waals surface area contributed by atoms with Crippen molar-refractivity contribution in [2.75, 3.05) is 0 Å². The molecule has 0 fully saturated rings. The summed E-state index contributed by atoms with van der Waals surface area (Å²) in [5, 5.41) is 0. The van der Waals surface area contributed by atoms with Gasteiger partial charge in [-0.3, -0.25) is 0 Å². The van der Waals surface area contributed by atoms with Crippen LogP contribution >= 0.6 is 11.8 Å². The van der Waals surface area contributed by atoms with Gasteiger partial charge >= 0.3 is 0 Å². The van der Waals surface area contributed by atoms with Gasteiger partial charge in [0.1, 0.15) is 5.82 Å². The summed E-state index contributed by atoms with van der Waals surface area (Å²) in [5.41, 5.74) is 3.81. The molecule has 1 atom stereocenters. The molecule has 0 saturated carbocycles. The van der Waals surface area contributed by atoms with E-state index < -0.39 is 0 Å². The Kier molecular flexibility index (Phi) is 3.36. The van der Waals surface area contributed by atoms with Crippen LogP contribution in [0.3, 0.4) is 0 Å². The number of halogens is 1. The van der Waals surface area contributed by atoms with Gasteiger partial charge < -0.3 is 0 Å². The van der Waals surface area contributed by atoms with Crippen molar-refractivity contribution in [1.29, 1.82) is 0 Å². The van der Waals surface area contributed by atoms with E-state index in [-0.39, 0.29) is 5.82 Å². The summed E-state index contributed by atoms with van der Waals surface area (Å²) >= 11 is 1.82. The Bertz CT molecular complexity index is 604. The first-order valence-corrected chi connectivity index (χ1v) is 7.65. The second kappa shape index (κ2) is 5.01. The van der Waals surface area contributed by atoms with E-state index in [1.807, 2.05) is 17.8 Å². The SMILES string of the molecule is CC(C)[C@@H]1c2ccc(F)cc2CSc2ccccc21. The number of hydrogen-bond donors (Lipinski definition) is 0. The van der Waals surface area contributed by atoms with Gasteiger partial charge in [0.05, 0.1) is 0 Å². The molecule has 2 aromatic rings. The minimum atomic E-state index is -0.132. The van der Waals surface area contributed by atoms with Crippen molar-refractivity contribution >= 4 is 11.8 Å². The molecule has 0 N–H and O–H groups in total. The highest BCUT2D eigenvalue weighted by molar-refractivity contribution is 7.98. The van der Waals surface area contributed by atoms with Crippen LogP contribution in [0.1, 0.15) is 36.5 Å². The first-order valence-electron chi connectivity index (χ1n) is 6.67. The van der Waals surface area contributed by atoms with Gasteiger partial charge in [0.25, 0.3) is 0 Å². The Balaban J connectivity index is 2.21. The molecular weight excluding hydrogens is 255 g/mol. The summed E-state index contributed by atoms with van der Waals surface area (Å²) in [7, 11) is 0. The van der Waals surface area contributed by atoms with Gasteiger partial charge in [0.15, 0.2) is 0 Å². The molecule has 0 aromatic heterocycles. The molecule has 19 heavy (non-hydrogen) atoms. The van der Waals surface area contributed by atoms with Crippen molar-refractivity contribution in [3.05, 3.63) is 65.0 Å². The Hall–Kier alpha value is -1.28. The highest BCUT2D eigenvalue weighted by atomic mass is 32.2. The molecule has 0 radical (unpaired) electrons. The van der Waals surface area contributed by atoms with Crippen molar-refractivity contribution in [3.8, 4) is 0 Å². The zero-order valence-corrected chi connectivity index (χ0v) is 12.0. The first-order chi connectivity index (χ1) is 9.16. The van der Waals surface area contributed by atoms with Crippen LogP contribution < -0.4 is 0 Å². The summed E-state index contributed by atoms with van der Waals surface area (Å²) in [5.74, 6) is 1.59. The molecule has 0 aliphatic carbocycles. The maximum absolute atomic E-state index is 13.5. The molecule has 0 amide bonds. The lowest BCUT2D eigenvalue weighted by Crippen LogP contribution is -2.10. The Labute approximate surface area is 118 Å². The van der Waals surface area contributed by atoms with E-state index in [1.54, 1.807) is 12.1 Å². The summed E-state index contributed by atoms with van der Waals surface area (Å²) in [4.78, 5) is 1.33. The van der Waals surface area contributed by atoms with E-state index in [9.17, 15) is 4.39 Å². The van der Waals surface area contributed by atoms with Crippen LogP contribution in [-0.2, 0) is 5.75 Å². The Morgan fingerprint density at radius 1 is 1.11 bits per heavy atom. The molecule has 2 aromatic carbocycles. The Morgan fingerprint density at radius 2 is 1.89 bits per heavy atom. The third-order valence-corrected chi connectivity index (χ3v) is 4.88. The lowest BCUT2D eigenvalue weighted by molar-refractivity contribution is 0.553. The van der Waals surface area contributed by atoms with Crippen LogP contribution in [0.5, 0.6) is 0 Å². The molecule has 0 spiro atoms. The summed E-state index contributed by atoms with van der Waals surface area (Å²) in [6, 6.07) is 13.8. The lowest BCUT2D eigenvalue weighted by atomic mass is 9.81. The van der Waals surface area contributed by atoms with E-state index in [2.05, 4.69) is 38.1 Å². The third kappa shape index (κ3) is 2.30. The fourth-order valence-corrected chi connectivity index (χ4v) is 4.01. The van der Waals surface area contributed by atoms with Crippen molar-refractivity contribution in [1.82, 2.24) is 0 Å². The normalized spacial score (nSPS) is 17.8. The van der Waals surface area contributed by atoms with Gasteiger partial charge in [0, 0.05) is 16.6 Å². The Morgan fingerprint density at radius 3 is 2.68 bits per heavy atom. The van der Waals surface area contributed by atoms with E-state index in [0.717, 1.165) is 11.3 Å². The van der Waals surface area contributed by atoms with Crippen LogP contribution in [0.25, 0.3) is 0 Å².